The van der Waals surface area contributed by atoms with Gasteiger partial charge in [-0.15, -0.1) is 0 Å². The first-order valence-electron chi connectivity index (χ1n) is 8.31. The van der Waals surface area contributed by atoms with Gasteiger partial charge in [-0.25, -0.2) is 0 Å². The van der Waals surface area contributed by atoms with Gasteiger partial charge in [0.25, 0.3) is 0 Å². The van der Waals surface area contributed by atoms with Crippen LogP contribution in [0.5, 0.6) is 5.75 Å². The van der Waals surface area contributed by atoms with Gasteiger partial charge in [0.1, 0.15) is 11.6 Å². The Morgan fingerprint density at radius 1 is 1.08 bits per heavy atom. The van der Waals surface area contributed by atoms with Crippen molar-refractivity contribution in [3.8, 4) is 5.75 Å². The van der Waals surface area contributed by atoms with E-state index in [9.17, 15) is 4.79 Å². The summed E-state index contributed by atoms with van der Waals surface area (Å²) in [5.74, 6) is 1.90. The predicted molar refractivity (Wildman–Crippen MR) is 97.3 cm³/mol. The molecule has 0 saturated heterocycles. The van der Waals surface area contributed by atoms with Gasteiger partial charge in [-0.05, 0) is 37.1 Å². The van der Waals surface area contributed by atoms with Gasteiger partial charge in [0.15, 0.2) is 5.78 Å². The van der Waals surface area contributed by atoms with E-state index in [-0.39, 0.29) is 5.78 Å². The molecule has 124 valence electrons. The van der Waals surface area contributed by atoms with Crippen molar-refractivity contribution in [3.63, 3.8) is 0 Å². The van der Waals surface area contributed by atoms with E-state index in [4.69, 9.17) is 4.74 Å². The molecule has 0 aliphatic carbocycles. The van der Waals surface area contributed by atoms with Gasteiger partial charge in [0.05, 0.1) is 13.7 Å². The van der Waals surface area contributed by atoms with Crippen LogP contribution in [0.2, 0.25) is 0 Å². The van der Waals surface area contributed by atoms with Crippen molar-refractivity contribution in [2.75, 3.05) is 25.1 Å². The Balaban J connectivity index is 1.86. The normalized spacial score (nSPS) is 14.0. The van der Waals surface area contributed by atoms with Crippen LogP contribution in [0.3, 0.4) is 0 Å². The Morgan fingerprint density at radius 2 is 1.83 bits per heavy atom. The quantitative estimate of drug-likeness (QED) is 0.782. The van der Waals surface area contributed by atoms with Crippen molar-refractivity contribution in [1.29, 1.82) is 0 Å². The van der Waals surface area contributed by atoms with Gasteiger partial charge in [-0.2, -0.15) is 0 Å². The molecule has 4 heteroatoms. The molecule has 0 radical (unpaired) electrons. The highest BCUT2D eigenvalue weighted by atomic mass is 16.5. The van der Waals surface area contributed by atoms with Crippen LogP contribution in [-0.2, 0) is 0 Å². The maximum atomic E-state index is 12.7. The number of hydrogen-bond acceptors (Lipinski definition) is 4. The molecule has 3 rings (SSSR count). The topological polar surface area (TPSA) is 41.9 Å². The molecule has 1 heterocycles. The maximum Gasteiger partial charge on any atom is 0.182 e. The first kappa shape index (κ1) is 16.2. The molecule has 2 aromatic carbocycles. The summed E-state index contributed by atoms with van der Waals surface area (Å²) >= 11 is 0. The minimum atomic E-state index is 0.0969. The molecule has 0 N–H and O–H groups in total. The number of amidine groups is 1. The second-order valence-corrected chi connectivity index (χ2v) is 5.83. The molecule has 0 saturated carbocycles. The van der Waals surface area contributed by atoms with Crippen molar-refractivity contribution in [2.24, 2.45) is 4.99 Å². The summed E-state index contributed by atoms with van der Waals surface area (Å²) in [6, 6.07) is 17.2. The maximum absolute atomic E-state index is 12.7. The van der Waals surface area contributed by atoms with Crippen molar-refractivity contribution in [3.05, 3.63) is 60.2 Å². The number of ether oxygens (including phenoxy) is 1. The Kier molecular flexibility index (Phi) is 5.26. The lowest BCUT2D eigenvalue weighted by Gasteiger charge is -2.28. The molecule has 4 nitrogen and oxygen atoms in total. The van der Waals surface area contributed by atoms with Gasteiger partial charge in [0.2, 0.25) is 0 Å². The number of Topliss-reactive ketones (excluding diaryl/α,β-unsaturated/α-hetero) is 1. The van der Waals surface area contributed by atoms with E-state index in [0.29, 0.717) is 6.54 Å². The van der Waals surface area contributed by atoms with Crippen LogP contribution in [0.1, 0.15) is 29.6 Å². The largest absolute Gasteiger partial charge is 0.497 e. The lowest BCUT2D eigenvalue weighted by molar-refractivity contribution is 0.100. The minimum absolute atomic E-state index is 0.0969. The summed E-state index contributed by atoms with van der Waals surface area (Å²) in [7, 11) is 1.65. The molecule has 2 aromatic rings. The Hall–Kier alpha value is -2.62. The van der Waals surface area contributed by atoms with Crippen LogP contribution in [0.4, 0.5) is 5.69 Å². The fourth-order valence-electron chi connectivity index (χ4n) is 2.86. The van der Waals surface area contributed by atoms with E-state index in [1.54, 1.807) is 7.11 Å². The zero-order valence-corrected chi connectivity index (χ0v) is 13.9. The van der Waals surface area contributed by atoms with Gasteiger partial charge < -0.3 is 9.64 Å². The SMILES string of the molecule is COc1ccc(N(CC(=O)c2ccccc2)C2=NCCCC2)cc1. The third-order valence-electron chi connectivity index (χ3n) is 4.20. The number of benzene rings is 2. The number of carbonyl (C=O) groups is 1. The summed E-state index contributed by atoms with van der Waals surface area (Å²) in [5, 5.41) is 0. The van der Waals surface area contributed by atoms with Crippen LogP contribution in [0, 0.1) is 0 Å². The Bertz CT molecular complexity index is 708. The van der Waals surface area contributed by atoms with Crippen molar-refractivity contribution in [2.45, 2.75) is 19.3 Å². The van der Waals surface area contributed by atoms with Gasteiger partial charge in [0, 0.05) is 24.2 Å². The number of carbonyl (C=O) groups excluding carboxylic acids is 1. The first-order chi connectivity index (χ1) is 11.8. The molecular weight excluding hydrogens is 300 g/mol. The third-order valence-corrected chi connectivity index (χ3v) is 4.20. The molecule has 0 aromatic heterocycles. The summed E-state index contributed by atoms with van der Waals surface area (Å²) in [4.78, 5) is 19.4. The number of rotatable bonds is 5. The fourth-order valence-corrected chi connectivity index (χ4v) is 2.86. The van der Waals surface area contributed by atoms with Crippen LogP contribution in [0.15, 0.2) is 59.6 Å². The van der Waals surface area contributed by atoms with E-state index in [1.165, 1.54) is 0 Å². The highest BCUT2D eigenvalue weighted by Crippen LogP contribution is 2.23. The average Bonchev–Trinajstić information content (AvgIpc) is 2.67. The number of methoxy groups -OCH3 is 1. The average molecular weight is 322 g/mol. The van der Waals surface area contributed by atoms with Gasteiger partial charge in [-0.3, -0.25) is 9.79 Å². The van der Waals surface area contributed by atoms with E-state index in [0.717, 1.165) is 48.6 Å². The first-order valence-corrected chi connectivity index (χ1v) is 8.31. The number of nitrogens with zero attached hydrogens (tertiary/aromatic N) is 2. The molecule has 0 atom stereocenters. The van der Waals surface area contributed by atoms with Crippen LogP contribution < -0.4 is 9.64 Å². The van der Waals surface area contributed by atoms with Crippen LogP contribution >= 0.6 is 0 Å². The summed E-state index contributed by atoms with van der Waals surface area (Å²) in [6.07, 6.45) is 3.14. The molecule has 24 heavy (non-hydrogen) atoms. The zero-order valence-electron chi connectivity index (χ0n) is 13.9. The molecular formula is C20H22N2O2. The molecule has 1 aliphatic rings. The summed E-state index contributed by atoms with van der Waals surface area (Å²) < 4.78 is 5.23. The molecule has 0 fully saturated rings. The van der Waals surface area contributed by atoms with Crippen LogP contribution in [-0.4, -0.2) is 31.8 Å². The summed E-state index contributed by atoms with van der Waals surface area (Å²) in [6.45, 7) is 1.14. The number of ketones is 1. The zero-order chi connectivity index (χ0) is 16.8. The fraction of sp³-hybridized carbons (Fsp3) is 0.300. The third kappa shape index (κ3) is 3.82. The van der Waals surface area contributed by atoms with E-state index < -0.39 is 0 Å². The molecule has 0 bridgehead atoms. The number of hydrogen-bond donors (Lipinski definition) is 0. The predicted octanol–water partition coefficient (Wildman–Crippen LogP) is 3.97. The molecule has 0 amide bonds. The minimum Gasteiger partial charge on any atom is -0.497 e. The molecule has 1 aliphatic heterocycles. The van der Waals surface area contributed by atoms with Gasteiger partial charge >= 0.3 is 0 Å². The number of anilines is 1. The van der Waals surface area contributed by atoms with E-state index >= 15 is 0 Å². The number of aliphatic imine (C=N–C) groups is 1. The van der Waals surface area contributed by atoms with Crippen molar-refractivity contribution < 1.29 is 9.53 Å². The van der Waals surface area contributed by atoms with Crippen LogP contribution in [0.25, 0.3) is 0 Å². The second kappa shape index (κ2) is 7.77. The van der Waals surface area contributed by atoms with Crippen molar-refractivity contribution in [1.82, 2.24) is 0 Å². The van der Waals surface area contributed by atoms with Gasteiger partial charge in [-0.1, -0.05) is 30.3 Å². The lowest BCUT2D eigenvalue weighted by Crippen LogP contribution is -2.37. The van der Waals surface area contributed by atoms with Crippen molar-refractivity contribution >= 4 is 17.3 Å². The highest BCUT2D eigenvalue weighted by molar-refractivity contribution is 6.07. The standard InChI is InChI=1S/C20H22N2O2/c1-24-18-12-10-17(11-13-18)22(20-9-5-6-14-21-20)15-19(23)16-7-3-2-4-8-16/h2-4,7-8,10-13H,5-6,9,14-15H2,1H3. The Labute approximate surface area is 142 Å². The highest BCUT2D eigenvalue weighted by Gasteiger charge is 2.19. The lowest BCUT2D eigenvalue weighted by atomic mass is 10.1. The molecule has 0 spiro atoms. The summed E-state index contributed by atoms with van der Waals surface area (Å²) in [5.41, 5.74) is 1.70. The monoisotopic (exact) mass is 322 g/mol. The molecule has 0 unspecified atom stereocenters. The van der Waals surface area contributed by atoms with E-state index in [2.05, 4.69) is 4.99 Å². The van der Waals surface area contributed by atoms with E-state index in [1.807, 2.05) is 59.5 Å². The Morgan fingerprint density at radius 3 is 2.46 bits per heavy atom. The smallest absolute Gasteiger partial charge is 0.182 e. The second-order valence-electron chi connectivity index (χ2n) is 5.83.